The van der Waals surface area contributed by atoms with Gasteiger partial charge in [-0.3, -0.25) is 0 Å². The zero-order valence-corrected chi connectivity index (χ0v) is 9.44. The maximum atomic E-state index is 12.6. The second-order valence-corrected chi connectivity index (χ2v) is 3.69. The molecule has 2 rings (SSSR count). The molecule has 0 atom stereocenters. The average Bonchev–Trinajstić information content (AvgIpc) is 2.37. The fourth-order valence-corrected chi connectivity index (χ4v) is 1.51. The van der Waals surface area contributed by atoms with Gasteiger partial charge in [0.2, 0.25) is 5.95 Å². The third kappa shape index (κ3) is 2.80. The predicted molar refractivity (Wildman–Crippen MR) is 61.6 cm³/mol. The van der Waals surface area contributed by atoms with E-state index >= 15 is 0 Å². The number of hydrogen-bond acceptors (Lipinski definition) is 4. The molecule has 0 aliphatic carbocycles. The standard InChI is InChI=1S/C12H7F3N4/c13-12(14,15)10-5-9(18-11(17)19-10)8-3-1-2-7(4-8)6-16/h1-5H,(H2,17,18,19). The summed E-state index contributed by atoms with van der Waals surface area (Å²) in [4.78, 5) is 6.90. The van der Waals surface area contributed by atoms with Crippen LogP contribution < -0.4 is 5.73 Å². The molecule has 96 valence electrons. The van der Waals surface area contributed by atoms with Gasteiger partial charge in [-0.25, -0.2) is 9.97 Å². The first-order valence-corrected chi connectivity index (χ1v) is 5.12. The molecule has 0 bridgehead atoms. The lowest BCUT2D eigenvalue weighted by molar-refractivity contribution is -0.141. The van der Waals surface area contributed by atoms with Crippen LogP contribution in [0.25, 0.3) is 11.3 Å². The van der Waals surface area contributed by atoms with Gasteiger partial charge in [-0.1, -0.05) is 12.1 Å². The van der Waals surface area contributed by atoms with Gasteiger partial charge in [0.1, 0.15) is 0 Å². The normalized spacial score (nSPS) is 11.1. The number of aromatic nitrogens is 2. The highest BCUT2D eigenvalue weighted by molar-refractivity contribution is 5.62. The molecule has 0 amide bonds. The van der Waals surface area contributed by atoms with Gasteiger partial charge < -0.3 is 5.73 Å². The fraction of sp³-hybridized carbons (Fsp3) is 0.0833. The summed E-state index contributed by atoms with van der Waals surface area (Å²) >= 11 is 0. The number of nitrogens with zero attached hydrogens (tertiary/aromatic N) is 3. The second kappa shape index (κ2) is 4.57. The van der Waals surface area contributed by atoms with Crippen LogP contribution in [0.1, 0.15) is 11.3 Å². The van der Waals surface area contributed by atoms with Gasteiger partial charge in [0, 0.05) is 5.56 Å². The van der Waals surface area contributed by atoms with Crippen LogP contribution in [0.3, 0.4) is 0 Å². The first-order chi connectivity index (χ1) is 8.90. The third-order valence-electron chi connectivity index (χ3n) is 2.32. The average molecular weight is 264 g/mol. The number of nitrogens with two attached hydrogens (primary N) is 1. The maximum Gasteiger partial charge on any atom is 0.433 e. The van der Waals surface area contributed by atoms with E-state index in [4.69, 9.17) is 11.0 Å². The Morgan fingerprint density at radius 2 is 1.89 bits per heavy atom. The zero-order chi connectivity index (χ0) is 14.0. The van der Waals surface area contributed by atoms with E-state index in [1.807, 2.05) is 6.07 Å². The number of hydrogen-bond donors (Lipinski definition) is 1. The summed E-state index contributed by atoms with van der Waals surface area (Å²) in [5.74, 6) is -0.466. The minimum Gasteiger partial charge on any atom is -0.368 e. The Morgan fingerprint density at radius 3 is 2.53 bits per heavy atom. The van der Waals surface area contributed by atoms with E-state index in [2.05, 4.69) is 9.97 Å². The van der Waals surface area contributed by atoms with Crippen molar-refractivity contribution in [3.8, 4) is 17.3 Å². The molecule has 2 N–H and O–H groups in total. The second-order valence-electron chi connectivity index (χ2n) is 3.69. The van der Waals surface area contributed by atoms with Crippen molar-refractivity contribution < 1.29 is 13.2 Å². The number of halogens is 3. The first kappa shape index (κ1) is 12.8. The lowest BCUT2D eigenvalue weighted by Crippen LogP contribution is -2.11. The molecule has 0 saturated heterocycles. The molecular formula is C12H7F3N4. The summed E-state index contributed by atoms with van der Waals surface area (Å²) in [5.41, 5.74) is 4.88. The van der Waals surface area contributed by atoms with Gasteiger partial charge in [0.25, 0.3) is 0 Å². The van der Waals surface area contributed by atoms with Crippen molar-refractivity contribution in [1.82, 2.24) is 9.97 Å². The molecule has 1 aromatic heterocycles. The molecule has 19 heavy (non-hydrogen) atoms. The van der Waals surface area contributed by atoms with Crippen LogP contribution in [-0.2, 0) is 6.18 Å². The maximum absolute atomic E-state index is 12.6. The lowest BCUT2D eigenvalue weighted by Gasteiger charge is -2.08. The molecule has 0 unspecified atom stereocenters. The van der Waals surface area contributed by atoms with Crippen molar-refractivity contribution in [1.29, 1.82) is 5.26 Å². The molecule has 1 aromatic carbocycles. The largest absolute Gasteiger partial charge is 0.433 e. The van der Waals surface area contributed by atoms with Gasteiger partial charge in [-0.05, 0) is 18.2 Å². The van der Waals surface area contributed by atoms with Crippen LogP contribution in [-0.4, -0.2) is 9.97 Å². The summed E-state index contributed by atoms with van der Waals surface area (Å²) in [5, 5.41) is 8.76. The van der Waals surface area contributed by atoms with E-state index in [1.54, 1.807) is 18.2 Å². The minimum absolute atomic E-state index is 0.0249. The van der Waals surface area contributed by atoms with Gasteiger partial charge in [-0.15, -0.1) is 0 Å². The van der Waals surface area contributed by atoms with Gasteiger partial charge in [0.05, 0.1) is 17.3 Å². The molecule has 1 heterocycles. The molecule has 0 aliphatic rings. The Hall–Kier alpha value is -2.62. The highest BCUT2D eigenvalue weighted by Crippen LogP contribution is 2.30. The van der Waals surface area contributed by atoms with Crippen molar-refractivity contribution in [2.24, 2.45) is 0 Å². The van der Waals surface area contributed by atoms with Gasteiger partial charge in [0.15, 0.2) is 5.69 Å². The van der Waals surface area contributed by atoms with Crippen LogP contribution in [0.5, 0.6) is 0 Å². The molecule has 0 aliphatic heterocycles. The quantitative estimate of drug-likeness (QED) is 0.859. The molecule has 0 fully saturated rings. The minimum atomic E-state index is -4.60. The van der Waals surface area contributed by atoms with Gasteiger partial charge in [-0.2, -0.15) is 18.4 Å². The number of alkyl halides is 3. The van der Waals surface area contributed by atoms with Crippen LogP contribution >= 0.6 is 0 Å². The summed E-state index contributed by atoms with van der Waals surface area (Å²) in [6, 6.07) is 8.77. The lowest BCUT2D eigenvalue weighted by atomic mass is 10.1. The smallest absolute Gasteiger partial charge is 0.368 e. The van der Waals surface area contributed by atoms with Crippen molar-refractivity contribution in [3.63, 3.8) is 0 Å². The SMILES string of the molecule is N#Cc1cccc(-c2cc(C(F)(F)F)nc(N)n2)c1. The highest BCUT2D eigenvalue weighted by Gasteiger charge is 2.33. The van der Waals surface area contributed by atoms with Crippen molar-refractivity contribution in [3.05, 3.63) is 41.6 Å². The molecule has 4 nitrogen and oxygen atoms in total. The van der Waals surface area contributed by atoms with Crippen LogP contribution in [0.15, 0.2) is 30.3 Å². The molecule has 0 radical (unpaired) electrons. The Balaban J connectivity index is 2.57. The number of benzene rings is 1. The van der Waals surface area contributed by atoms with E-state index in [0.717, 1.165) is 6.07 Å². The van der Waals surface area contributed by atoms with Crippen molar-refractivity contribution >= 4 is 5.95 Å². The van der Waals surface area contributed by atoms with Crippen LogP contribution in [0.4, 0.5) is 19.1 Å². The van der Waals surface area contributed by atoms with Crippen LogP contribution in [0, 0.1) is 11.3 Å². The van der Waals surface area contributed by atoms with Crippen LogP contribution in [0.2, 0.25) is 0 Å². The topological polar surface area (TPSA) is 75.6 Å². The summed E-state index contributed by atoms with van der Waals surface area (Å²) in [7, 11) is 0. The van der Waals surface area contributed by atoms with Crippen molar-refractivity contribution in [2.45, 2.75) is 6.18 Å². The first-order valence-electron chi connectivity index (χ1n) is 5.12. The predicted octanol–water partition coefficient (Wildman–Crippen LogP) is 2.62. The monoisotopic (exact) mass is 264 g/mol. The highest BCUT2D eigenvalue weighted by atomic mass is 19.4. The van der Waals surface area contributed by atoms with E-state index in [-0.39, 0.29) is 5.69 Å². The molecule has 0 saturated carbocycles. The van der Waals surface area contributed by atoms with E-state index in [9.17, 15) is 13.2 Å². The van der Waals surface area contributed by atoms with E-state index in [1.165, 1.54) is 6.07 Å². The Kier molecular flexibility index (Phi) is 3.09. The number of anilines is 1. The van der Waals surface area contributed by atoms with E-state index < -0.39 is 17.8 Å². The van der Waals surface area contributed by atoms with Crippen molar-refractivity contribution in [2.75, 3.05) is 5.73 Å². The molecular weight excluding hydrogens is 257 g/mol. The molecule has 0 spiro atoms. The Morgan fingerprint density at radius 1 is 1.16 bits per heavy atom. The Bertz CT molecular complexity index is 659. The summed E-state index contributed by atoms with van der Waals surface area (Å²) < 4.78 is 37.8. The fourth-order valence-electron chi connectivity index (χ4n) is 1.51. The molecule has 7 heteroatoms. The third-order valence-corrected chi connectivity index (χ3v) is 2.32. The number of rotatable bonds is 1. The summed E-state index contributed by atoms with van der Waals surface area (Å²) in [6.45, 7) is 0. The van der Waals surface area contributed by atoms with Gasteiger partial charge >= 0.3 is 6.18 Å². The zero-order valence-electron chi connectivity index (χ0n) is 9.44. The number of nitrogen functional groups attached to an aromatic ring is 1. The molecule has 2 aromatic rings. The number of nitriles is 1. The Labute approximate surface area is 106 Å². The summed E-state index contributed by atoms with van der Waals surface area (Å²) in [6.07, 6.45) is -4.60. The van der Waals surface area contributed by atoms with E-state index in [0.29, 0.717) is 11.1 Å².